The first-order chi connectivity index (χ1) is 2.00. The Hall–Kier alpha value is 0.669. The second-order valence-corrected chi connectivity index (χ2v) is 0. The van der Waals surface area contributed by atoms with Crippen molar-refractivity contribution >= 4 is 33.9 Å². The molecule has 2 nitrogen and oxygen atoms in total. The number of rotatable bonds is 0. The van der Waals surface area contributed by atoms with Crippen molar-refractivity contribution in [2.45, 2.75) is 0 Å². The zero-order valence-corrected chi connectivity index (χ0v) is 3.79. The Labute approximate surface area is 43.9 Å². The fraction of sp³-hybridized carbons (Fsp3) is 0. The molecule has 0 bridgehead atoms. The molecule has 0 aliphatic carbocycles. The van der Waals surface area contributed by atoms with Crippen LogP contribution in [0, 0.1) is 0 Å². The summed E-state index contributed by atoms with van der Waals surface area (Å²) in [7, 11) is 0. The van der Waals surface area contributed by atoms with Gasteiger partial charge in [0.25, 0.3) is 0 Å². The molecule has 0 unspecified atom stereocenters. The van der Waals surface area contributed by atoms with E-state index >= 15 is 0 Å². The fourth-order valence-electron chi connectivity index (χ4n) is 0. The minimum absolute atomic E-state index is 0. The van der Waals surface area contributed by atoms with Gasteiger partial charge in [-0.15, -0.1) is 0 Å². The summed E-state index contributed by atoms with van der Waals surface area (Å²) in [5.41, 5.74) is 0. The fourth-order valence-corrected chi connectivity index (χ4v) is 0. The standard InChI is InChI=1S/Be.2ClO/c;2*1-2/q+2;2*-1. The van der Waals surface area contributed by atoms with Gasteiger partial charge in [-0.05, 0) is 0 Å². The second kappa shape index (κ2) is 140. The minimum atomic E-state index is 0. The van der Waals surface area contributed by atoms with Crippen molar-refractivity contribution in [2.24, 2.45) is 0 Å². The summed E-state index contributed by atoms with van der Waals surface area (Å²) in [6.45, 7) is 0. The SMILES string of the molecule is [Be+2].[O-]Cl.[O-]Cl. The molecule has 5 heteroatoms. The molecule has 0 spiro atoms. The van der Waals surface area contributed by atoms with Crippen molar-refractivity contribution in [3.8, 4) is 0 Å². The first-order valence-electron chi connectivity index (χ1n) is 0.309. The van der Waals surface area contributed by atoms with Gasteiger partial charge in [0.05, 0.1) is 0 Å². The third-order valence-corrected chi connectivity index (χ3v) is 0. The molecule has 0 atom stereocenters. The van der Waals surface area contributed by atoms with E-state index in [0.717, 1.165) is 0 Å². The molecular weight excluding hydrogens is 112 g/mol. The molecule has 0 aromatic carbocycles. The Kier molecular flexibility index (Phi) is 487. The summed E-state index contributed by atoms with van der Waals surface area (Å²) >= 11 is 6.78. The van der Waals surface area contributed by atoms with Crippen LogP contribution in [0.15, 0.2) is 0 Å². The topological polar surface area (TPSA) is 46.1 Å². The minimum Gasteiger partial charge on any atom is -0.769 e. The molecule has 0 amide bonds. The van der Waals surface area contributed by atoms with E-state index in [9.17, 15) is 0 Å². The van der Waals surface area contributed by atoms with Crippen LogP contribution in [0.25, 0.3) is 0 Å². The van der Waals surface area contributed by atoms with Crippen LogP contribution in [0.4, 0.5) is 0 Å². The molecule has 0 rings (SSSR count). The van der Waals surface area contributed by atoms with Crippen molar-refractivity contribution in [2.75, 3.05) is 0 Å². The van der Waals surface area contributed by atoms with Gasteiger partial charge < -0.3 is 9.32 Å². The molecule has 5 heavy (non-hydrogen) atoms. The van der Waals surface area contributed by atoms with Gasteiger partial charge in [-0.2, -0.15) is 0 Å². The van der Waals surface area contributed by atoms with E-state index in [2.05, 4.69) is 23.7 Å². The Morgan fingerprint density at radius 2 is 0.800 bits per heavy atom. The maximum Gasteiger partial charge on any atom is 2.00 e. The van der Waals surface area contributed by atoms with Crippen LogP contribution >= 0.6 is 23.7 Å². The van der Waals surface area contributed by atoms with Gasteiger partial charge >= 0.3 is 10.1 Å². The normalized spacial score (nSPS) is 2.40. The van der Waals surface area contributed by atoms with Gasteiger partial charge in [0, 0.05) is 0 Å². The van der Waals surface area contributed by atoms with Gasteiger partial charge in [0.15, 0.2) is 0 Å². The summed E-state index contributed by atoms with van der Waals surface area (Å²) in [6.07, 6.45) is 0. The van der Waals surface area contributed by atoms with E-state index in [1.54, 1.807) is 0 Å². The first-order valence-corrected chi connectivity index (χ1v) is 0.926. The Bertz CT molecular complexity index is 7.61. The van der Waals surface area contributed by atoms with Crippen LogP contribution in [0.5, 0.6) is 0 Å². The third-order valence-electron chi connectivity index (χ3n) is 0. The summed E-state index contributed by atoms with van der Waals surface area (Å²) in [4.78, 5) is 0. The van der Waals surface area contributed by atoms with E-state index in [4.69, 9.17) is 9.32 Å². The van der Waals surface area contributed by atoms with E-state index in [-0.39, 0.29) is 10.1 Å². The molecule has 0 aromatic heterocycles. The van der Waals surface area contributed by atoms with Gasteiger partial charge in [-0.25, -0.2) is 23.7 Å². The Morgan fingerprint density at radius 3 is 0.800 bits per heavy atom. The van der Waals surface area contributed by atoms with Crippen molar-refractivity contribution in [1.29, 1.82) is 0 Å². The van der Waals surface area contributed by atoms with E-state index < -0.39 is 0 Å². The van der Waals surface area contributed by atoms with Gasteiger partial charge in [-0.1, -0.05) is 0 Å². The molecule has 0 aliphatic heterocycles. The van der Waals surface area contributed by atoms with Crippen LogP contribution in [0.2, 0.25) is 0 Å². The quantitative estimate of drug-likeness (QED) is 0.362. The Morgan fingerprint density at radius 1 is 0.800 bits per heavy atom. The van der Waals surface area contributed by atoms with Crippen LogP contribution in [-0.2, 0) is 0 Å². The Balaban J connectivity index is -0.0000000133. The number of halogens is 2. The maximum absolute atomic E-state index is 7.72. The van der Waals surface area contributed by atoms with E-state index in [1.807, 2.05) is 0 Å². The molecule has 0 radical (unpaired) electrons. The van der Waals surface area contributed by atoms with Gasteiger partial charge in [0.1, 0.15) is 0 Å². The van der Waals surface area contributed by atoms with E-state index in [0.29, 0.717) is 0 Å². The van der Waals surface area contributed by atoms with Gasteiger partial charge in [-0.3, -0.25) is 0 Å². The average molecular weight is 112 g/mol. The monoisotopic (exact) mass is 111 g/mol. The predicted octanol–water partition coefficient (Wildman–Crippen LogP) is -1.38. The molecule has 0 saturated heterocycles. The maximum atomic E-state index is 7.72. The summed E-state index contributed by atoms with van der Waals surface area (Å²) in [5, 5.41) is 0. The van der Waals surface area contributed by atoms with E-state index in [1.165, 1.54) is 0 Å². The molecule has 0 aliphatic rings. The predicted molar refractivity (Wildman–Crippen MR) is 17.5 cm³/mol. The largest absolute Gasteiger partial charge is 2.00 e. The van der Waals surface area contributed by atoms with Crippen LogP contribution < -0.4 is 9.32 Å². The summed E-state index contributed by atoms with van der Waals surface area (Å²) in [6, 6.07) is 0. The number of hydrogen-bond acceptors (Lipinski definition) is 2. The summed E-state index contributed by atoms with van der Waals surface area (Å²) in [5.74, 6) is 0. The van der Waals surface area contributed by atoms with Crippen LogP contribution in [-0.4, -0.2) is 10.1 Å². The first kappa shape index (κ1) is 17.3. The third kappa shape index (κ3) is 74.3. The smallest absolute Gasteiger partial charge is 0.769 e. The zero-order chi connectivity index (χ0) is 4.00. The molecule has 0 fully saturated rings. The molecule has 0 heterocycles. The zero-order valence-electron chi connectivity index (χ0n) is 2.28. The average Bonchev–Trinajstić information content (AvgIpc) is 1.50. The molecule has 0 saturated carbocycles. The van der Waals surface area contributed by atoms with Crippen molar-refractivity contribution < 1.29 is 9.32 Å². The molecular formula is BeCl2O2. The van der Waals surface area contributed by atoms with Crippen molar-refractivity contribution in [3.63, 3.8) is 0 Å². The second-order valence-electron chi connectivity index (χ2n) is 0. The molecule has 0 aromatic rings. The van der Waals surface area contributed by atoms with Crippen LogP contribution in [0.3, 0.4) is 0 Å². The summed E-state index contributed by atoms with van der Waals surface area (Å²) < 4.78 is 15.4. The van der Waals surface area contributed by atoms with Crippen molar-refractivity contribution in [3.05, 3.63) is 0 Å². The molecule has 0 N–H and O–H groups in total. The van der Waals surface area contributed by atoms with Gasteiger partial charge in [0.2, 0.25) is 0 Å². The van der Waals surface area contributed by atoms with Crippen molar-refractivity contribution in [1.82, 2.24) is 0 Å². The van der Waals surface area contributed by atoms with Crippen LogP contribution in [0.1, 0.15) is 0 Å². The number of hydrogen-bond donors (Lipinski definition) is 0. The molecule has 28 valence electrons.